The summed E-state index contributed by atoms with van der Waals surface area (Å²) < 4.78 is 0. The van der Waals surface area contributed by atoms with Gasteiger partial charge in [0.05, 0.1) is 10.6 Å². The summed E-state index contributed by atoms with van der Waals surface area (Å²) in [6.45, 7) is 3.10. The highest BCUT2D eigenvalue weighted by Gasteiger charge is 2.31. The van der Waals surface area contributed by atoms with Crippen LogP contribution in [-0.4, -0.2) is 41.8 Å². The molecule has 1 aromatic carbocycles. The Morgan fingerprint density at radius 1 is 1.31 bits per heavy atom. The molecule has 0 radical (unpaired) electrons. The normalized spacial score (nSPS) is 19.5. The van der Waals surface area contributed by atoms with E-state index in [-0.39, 0.29) is 23.3 Å². The van der Waals surface area contributed by atoms with Gasteiger partial charge in [0, 0.05) is 29.6 Å². The molecule has 2 unspecified atom stereocenters. The van der Waals surface area contributed by atoms with Gasteiger partial charge >= 0.3 is 11.8 Å². The van der Waals surface area contributed by atoms with E-state index in [1.54, 1.807) is 18.3 Å². The number of carbonyl (C=O) groups is 2. The molecule has 0 aliphatic carbocycles. The van der Waals surface area contributed by atoms with Crippen LogP contribution >= 0.6 is 11.3 Å². The standard InChI is InChI=1S/C20H24N4O4S/c1-13-7-8-15(24(27)28)11-16(13)22-20(26)19(25)21-12-14-5-3-9-23(2)18(14)17-6-4-10-29-17/h4,6-8,10-11,14,18H,3,5,9,12H2,1-2H3,(H,21,25)(H,22,26). The molecule has 2 aromatic rings. The average Bonchev–Trinajstić information content (AvgIpc) is 3.21. The van der Waals surface area contributed by atoms with Crippen LogP contribution in [0.2, 0.25) is 0 Å². The lowest BCUT2D eigenvalue weighted by atomic mass is 9.88. The number of benzene rings is 1. The smallest absolute Gasteiger partial charge is 0.313 e. The number of hydrogen-bond donors (Lipinski definition) is 2. The maximum absolute atomic E-state index is 12.3. The van der Waals surface area contributed by atoms with E-state index in [2.05, 4.69) is 28.6 Å². The molecule has 1 aliphatic rings. The Balaban J connectivity index is 1.62. The minimum atomic E-state index is -0.828. The number of nitrogens with zero attached hydrogens (tertiary/aromatic N) is 2. The molecule has 2 heterocycles. The van der Waals surface area contributed by atoms with Crippen molar-refractivity contribution in [3.8, 4) is 0 Å². The van der Waals surface area contributed by atoms with Gasteiger partial charge in [-0.1, -0.05) is 12.1 Å². The second-order valence-corrected chi connectivity index (χ2v) is 8.24. The van der Waals surface area contributed by atoms with Crippen molar-refractivity contribution in [2.75, 3.05) is 25.5 Å². The van der Waals surface area contributed by atoms with Gasteiger partial charge in [0.25, 0.3) is 5.69 Å². The van der Waals surface area contributed by atoms with E-state index in [1.807, 2.05) is 11.4 Å². The Labute approximate surface area is 173 Å². The van der Waals surface area contributed by atoms with Gasteiger partial charge in [-0.15, -0.1) is 11.3 Å². The van der Waals surface area contributed by atoms with Gasteiger partial charge in [-0.2, -0.15) is 0 Å². The van der Waals surface area contributed by atoms with Crippen molar-refractivity contribution < 1.29 is 14.5 Å². The highest BCUT2D eigenvalue weighted by atomic mass is 32.1. The van der Waals surface area contributed by atoms with Gasteiger partial charge in [-0.3, -0.25) is 24.6 Å². The number of nitrogens with one attached hydrogen (secondary N) is 2. The number of anilines is 1. The van der Waals surface area contributed by atoms with E-state index in [4.69, 9.17) is 0 Å². The third-order valence-electron chi connectivity index (χ3n) is 5.25. The molecule has 154 valence electrons. The van der Waals surface area contributed by atoms with Crippen LogP contribution < -0.4 is 10.6 Å². The predicted octanol–water partition coefficient (Wildman–Crippen LogP) is 3.10. The first-order valence-electron chi connectivity index (χ1n) is 9.44. The lowest BCUT2D eigenvalue weighted by molar-refractivity contribution is -0.384. The van der Waals surface area contributed by atoms with E-state index in [9.17, 15) is 19.7 Å². The summed E-state index contributed by atoms with van der Waals surface area (Å²) >= 11 is 1.70. The first-order valence-corrected chi connectivity index (χ1v) is 10.3. The lowest BCUT2D eigenvalue weighted by Crippen LogP contribution is -2.44. The van der Waals surface area contributed by atoms with E-state index >= 15 is 0 Å². The summed E-state index contributed by atoms with van der Waals surface area (Å²) in [5.41, 5.74) is 0.756. The zero-order valence-electron chi connectivity index (χ0n) is 16.4. The second-order valence-electron chi connectivity index (χ2n) is 7.26. The molecule has 0 bridgehead atoms. The molecule has 1 saturated heterocycles. The first kappa shape index (κ1) is 20.9. The van der Waals surface area contributed by atoms with E-state index in [0.29, 0.717) is 12.1 Å². The van der Waals surface area contributed by atoms with Gasteiger partial charge in [0.1, 0.15) is 0 Å². The van der Waals surface area contributed by atoms with Crippen LogP contribution in [0.15, 0.2) is 35.7 Å². The summed E-state index contributed by atoms with van der Waals surface area (Å²) in [6.07, 6.45) is 2.01. The number of thiophene rings is 1. The molecule has 0 saturated carbocycles. The Bertz CT molecular complexity index is 900. The van der Waals surface area contributed by atoms with Crippen LogP contribution in [0, 0.1) is 23.0 Å². The molecular formula is C20H24N4O4S. The molecule has 0 spiro atoms. The predicted molar refractivity (Wildman–Crippen MR) is 112 cm³/mol. The average molecular weight is 417 g/mol. The Kier molecular flexibility index (Phi) is 6.60. The van der Waals surface area contributed by atoms with Crippen LogP contribution in [-0.2, 0) is 9.59 Å². The van der Waals surface area contributed by atoms with Gasteiger partial charge in [-0.05, 0) is 56.3 Å². The number of amides is 2. The molecule has 9 heteroatoms. The molecule has 2 atom stereocenters. The van der Waals surface area contributed by atoms with Crippen LogP contribution in [0.3, 0.4) is 0 Å². The summed E-state index contributed by atoms with van der Waals surface area (Å²) in [6, 6.07) is 8.48. The molecule has 1 aromatic heterocycles. The van der Waals surface area contributed by atoms with Crippen molar-refractivity contribution in [2.45, 2.75) is 25.8 Å². The number of rotatable bonds is 5. The number of aryl methyl sites for hydroxylation is 1. The SMILES string of the molecule is Cc1ccc([N+](=O)[O-])cc1NC(=O)C(=O)NCC1CCCN(C)C1c1cccs1. The van der Waals surface area contributed by atoms with E-state index in [1.165, 1.54) is 23.1 Å². The summed E-state index contributed by atoms with van der Waals surface area (Å²) in [5, 5.41) is 18.2. The quantitative estimate of drug-likeness (QED) is 0.443. The van der Waals surface area contributed by atoms with Crippen molar-refractivity contribution in [2.24, 2.45) is 5.92 Å². The van der Waals surface area contributed by atoms with Gasteiger partial charge in [-0.25, -0.2) is 0 Å². The highest BCUT2D eigenvalue weighted by molar-refractivity contribution is 7.10. The van der Waals surface area contributed by atoms with E-state index in [0.717, 1.165) is 19.4 Å². The zero-order valence-corrected chi connectivity index (χ0v) is 17.2. The van der Waals surface area contributed by atoms with Crippen molar-refractivity contribution >= 4 is 34.5 Å². The number of nitro benzene ring substituents is 1. The Morgan fingerprint density at radius 3 is 2.79 bits per heavy atom. The molecule has 3 rings (SSSR count). The van der Waals surface area contributed by atoms with Crippen molar-refractivity contribution in [3.05, 3.63) is 56.3 Å². The molecule has 29 heavy (non-hydrogen) atoms. The molecule has 8 nitrogen and oxygen atoms in total. The van der Waals surface area contributed by atoms with Gasteiger partial charge in [0.15, 0.2) is 0 Å². The van der Waals surface area contributed by atoms with Gasteiger partial charge < -0.3 is 10.6 Å². The van der Waals surface area contributed by atoms with Gasteiger partial charge in [0.2, 0.25) is 0 Å². The Morgan fingerprint density at radius 2 is 2.10 bits per heavy atom. The molecule has 1 fully saturated rings. The lowest BCUT2D eigenvalue weighted by Gasteiger charge is -2.38. The summed E-state index contributed by atoms with van der Waals surface area (Å²) in [7, 11) is 2.08. The largest absolute Gasteiger partial charge is 0.347 e. The fourth-order valence-corrected chi connectivity index (χ4v) is 4.71. The number of piperidine rings is 1. The van der Waals surface area contributed by atoms with Crippen LogP contribution in [0.5, 0.6) is 0 Å². The summed E-state index contributed by atoms with van der Waals surface area (Å²) in [5.74, 6) is -1.36. The first-order chi connectivity index (χ1) is 13.9. The fourth-order valence-electron chi connectivity index (χ4n) is 3.72. The fraction of sp³-hybridized carbons (Fsp3) is 0.400. The highest BCUT2D eigenvalue weighted by Crippen LogP contribution is 2.36. The molecule has 2 N–H and O–H groups in total. The van der Waals surface area contributed by atoms with Crippen molar-refractivity contribution in [1.82, 2.24) is 10.2 Å². The monoisotopic (exact) mass is 416 g/mol. The van der Waals surface area contributed by atoms with Crippen LogP contribution in [0.25, 0.3) is 0 Å². The Hall–Kier alpha value is -2.78. The second kappa shape index (κ2) is 9.15. The zero-order chi connectivity index (χ0) is 21.0. The van der Waals surface area contributed by atoms with Crippen LogP contribution in [0.1, 0.15) is 29.3 Å². The third kappa shape index (κ3) is 4.99. The van der Waals surface area contributed by atoms with E-state index < -0.39 is 16.7 Å². The molecule has 1 aliphatic heterocycles. The molecular weight excluding hydrogens is 392 g/mol. The van der Waals surface area contributed by atoms with Crippen molar-refractivity contribution in [3.63, 3.8) is 0 Å². The maximum Gasteiger partial charge on any atom is 0.313 e. The topological polar surface area (TPSA) is 105 Å². The third-order valence-corrected chi connectivity index (χ3v) is 6.20. The number of hydrogen-bond acceptors (Lipinski definition) is 6. The van der Waals surface area contributed by atoms with Crippen molar-refractivity contribution in [1.29, 1.82) is 0 Å². The van der Waals surface area contributed by atoms with Crippen LogP contribution in [0.4, 0.5) is 11.4 Å². The number of non-ortho nitro benzene ring substituents is 1. The summed E-state index contributed by atoms with van der Waals surface area (Å²) in [4.78, 5) is 38.5. The molecule has 2 amide bonds. The minimum Gasteiger partial charge on any atom is -0.347 e. The minimum absolute atomic E-state index is 0.143. The number of carbonyl (C=O) groups excluding carboxylic acids is 2. The maximum atomic E-state index is 12.3. The number of likely N-dealkylation sites (tertiary alicyclic amines) is 1. The number of nitro groups is 1.